The molecule has 36 heavy (non-hydrogen) atoms. The molecule has 9 heteroatoms. The van der Waals surface area contributed by atoms with E-state index >= 15 is 0 Å². The smallest absolute Gasteiger partial charge is 0.0856 e. The van der Waals surface area contributed by atoms with Gasteiger partial charge in [-0.15, -0.1) is 0 Å². The van der Waals surface area contributed by atoms with Crippen molar-refractivity contribution < 1.29 is 94.7 Å². The van der Waals surface area contributed by atoms with E-state index in [1.807, 2.05) is 69.2 Å². The van der Waals surface area contributed by atoms with Crippen LogP contribution in [0.3, 0.4) is 0 Å². The van der Waals surface area contributed by atoms with Gasteiger partial charge in [-0.2, -0.15) is 0 Å². The van der Waals surface area contributed by atoms with Crippen molar-refractivity contribution in [3.8, 4) is 0 Å². The van der Waals surface area contributed by atoms with Crippen LogP contribution in [0.25, 0.3) is 0 Å². The monoisotopic (exact) mass is 669 g/mol. The summed E-state index contributed by atoms with van der Waals surface area (Å²) >= 11 is 0. The molecule has 0 aliphatic rings. The van der Waals surface area contributed by atoms with Gasteiger partial charge in [-0.25, -0.2) is 0 Å². The van der Waals surface area contributed by atoms with E-state index in [1.165, 1.54) is 0 Å². The fourth-order valence-corrected chi connectivity index (χ4v) is 1.75. The summed E-state index contributed by atoms with van der Waals surface area (Å²) in [6.07, 6.45) is 1.63. The van der Waals surface area contributed by atoms with E-state index in [0.717, 1.165) is 13.0 Å². The molecule has 0 unspecified atom stereocenters. The van der Waals surface area contributed by atoms with Crippen molar-refractivity contribution in [2.24, 2.45) is 11.8 Å². The first-order chi connectivity index (χ1) is 15.3. The van der Waals surface area contributed by atoms with E-state index in [2.05, 4.69) is 33.0 Å². The largest absolute Gasteiger partial charge is 0.396 e. The zero-order valence-corrected chi connectivity index (χ0v) is 31.2. The van der Waals surface area contributed by atoms with Crippen molar-refractivity contribution in [1.82, 2.24) is 5.32 Å². The number of rotatable bonds is 12. The second-order valence-electron chi connectivity index (χ2n) is 10.5. The average molecular weight is 670 g/mol. The van der Waals surface area contributed by atoms with Gasteiger partial charge in [0.2, 0.25) is 0 Å². The molecular formula is C27H57NO6Y2-2. The Balaban J connectivity index is -0.0000000947. The molecular weight excluding hydrogens is 612 g/mol. The molecule has 3 N–H and O–H groups in total. The van der Waals surface area contributed by atoms with Crippen LogP contribution in [0.5, 0.6) is 0 Å². The summed E-state index contributed by atoms with van der Waals surface area (Å²) in [5.74, 6) is 0.466. The van der Waals surface area contributed by atoms with Crippen LogP contribution in [0.1, 0.15) is 95.9 Å². The molecule has 0 saturated heterocycles. The topological polar surface area (TPSA) is 105 Å². The Labute approximate surface area is 274 Å². The van der Waals surface area contributed by atoms with E-state index in [0.29, 0.717) is 18.9 Å². The minimum atomic E-state index is -0.439. The van der Waals surface area contributed by atoms with Crippen molar-refractivity contribution in [1.29, 1.82) is 0 Å². The van der Waals surface area contributed by atoms with Crippen molar-refractivity contribution >= 4 is 11.7 Å². The molecule has 0 aromatic rings. The summed E-state index contributed by atoms with van der Waals surface area (Å²) in [5.41, 5.74) is -1.18. The molecule has 0 aromatic carbocycles. The van der Waals surface area contributed by atoms with Crippen LogP contribution in [-0.2, 0) is 84.5 Å². The normalized spacial score (nSPS) is 10.8. The molecule has 0 saturated carbocycles. The maximum Gasteiger partial charge on any atom is 0.0856 e. The molecule has 7 nitrogen and oxygen atoms in total. The molecule has 0 bridgehead atoms. The maximum atomic E-state index is 10.8. The van der Waals surface area contributed by atoms with Crippen LogP contribution in [0.2, 0.25) is 0 Å². The Morgan fingerprint density at radius 2 is 1.28 bits per heavy atom. The number of ether oxygens (including phenoxy) is 2. The number of ketones is 1. The first-order valence-corrected chi connectivity index (χ1v) is 12.3. The third-order valence-corrected chi connectivity index (χ3v) is 4.23. The molecule has 214 valence electrons. The zero-order valence-electron chi connectivity index (χ0n) is 25.5. The second-order valence-corrected chi connectivity index (χ2v) is 10.5. The van der Waals surface area contributed by atoms with Gasteiger partial charge in [0, 0.05) is 78.6 Å². The van der Waals surface area contributed by atoms with Gasteiger partial charge in [-0.1, -0.05) is 41.5 Å². The van der Waals surface area contributed by atoms with E-state index in [1.54, 1.807) is 0 Å². The van der Waals surface area contributed by atoms with Crippen molar-refractivity contribution in [3.05, 3.63) is 13.8 Å². The third kappa shape index (κ3) is 42.0. The van der Waals surface area contributed by atoms with Crippen LogP contribution in [0.4, 0.5) is 0 Å². The third-order valence-electron chi connectivity index (χ3n) is 4.23. The maximum absolute atomic E-state index is 10.8. The summed E-state index contributed by atoms with van der Waals surface area (Å²) in [6, 6.07) is 0. The number of amides is 1. The molecule has 0 atom stereocenters. The van der Waals surface area contributed by atoms with E-state index in [-0.39, 0.29) is 107 Å². The number of aliphatic hydroxyl groups excluding tert-OH is 2. The molecule has 0 fully saturated rings. The van der Waals surface area contributed by atoms with Crippen LogP contribution < -0.4 is 5.32 Å². The summed E-state index contributed by atoms with van der Waals surface area (Å²) in [4.78, 5) is 20.8. The second kappa shape index (κ2) is 27.5. The number of Topliss-reactive ketones (excluding diaryl/α,β-unsaturated/α-hetero) is 1. The van der Waals surface area contributed by atoms with Gasteiger partial charge in [-0.3, -0.25) is 0 Å². The number of aliphatic hydroxyl groups is 2. The van der Waals surface area contributed by atoms with Crippen LogP contribution >= 0.6 is 0 Å². The molecule has 0 rings (SSSR count). The van der Waals surface area contributed by atoms with Gasteiger partial charge in [0.15, 0.2) is 0 Å². The van der Waals surface area contributed by atoms with E-state index in [9.17, 15) is 9.59 Å². The summed E-state index contributed by atoms with van der Waals surface area (Å²) < 4.78 is 11.1. The number of hydrogen-bond donors (Lipinski definition) is 3. The van der Waals surface area contributed by atoms with Gasteiger partial charge in [0.1, 0.15) is 0 Å². The Morgan fingerprint density at radius 1 is 0.861 bits per heavy atom. The number of nitrogens with one attached hydrogen (secondary N) is 1. The Hall–Kier alpha value is 0.928. The van der Waals surface area contributed by atoms with E-state index < -0.39 is 5.54 Å². The molecule has 2 radical (unpaired) electrons. The standard InChI is InChI=1S/C11H22NO3.C9H20O2.C5H9O.C2H6.2Y/c1-9(14)12-10(2,3)8-15-11(4,5)6-7-13;1-8(2)5-6-11-9(3,4)7-10;1-4(2)5(3)6;1-2;;/h13H,1,6-8H2,2-5H3,(H,12,14);8,10H,5-7H2,1-4H3;4H,3H2,1-2H3;1-2H3;;/q-1;;-1;;;. The quantitative estimate of drug-likeness (QED) is 0.259. The van der Waals surface area contributed by atoms with Gasteiger partial charge in [0.05, 0.1) is 35.9 Å². The molecule has 0 spiro atoms. The molecule has 1 amide bonds. The fraction of sp³-hybridized carbons (Fsp3) is 0.852. The molecule has 0 aliphatic carbocycles. The van der Waals surface area contributed by atoms with Gasteiger partial charge < -0.3 is 48.4 Å². The van der Waals surface area contributed by atoms with E-state index in [4.69, 9.17) is 19.7 Å². The van der Waals surface area contributed by atoms with Crippen LogP contribution in [0, 0.1) is 25.7 Å². The van der Waals surface area contributed by atoms with Crippen molar-refractivity contribution in [2.75, 3.05) is 26.4 Å². The SMILES string of the molecule is CC.CC(C)CCOC(C)(C)CO.[CH2-]C(=O)C(C)C.[CH2-]C(=O)NC(C)(C)COC(C)(C)CCO.[Y].[Y]. The van der Waals surface area contributed by atoms with Crippen molar-refractivity contribution in [2.45, 2.75) is 113 Å². The molecule has 0 aliphatic heterocycles. The predicted molar refractivity (Wildman–Crippen MR) is 142 cm³/mol. The summed E-state index contributed by atoms with van der Waals surface area (Å²) in [5, 5.41) is 20.3. The number of carbonyl (C=O) groups excluding carboxylic acids is 2. The number of carbonyl (C=O) groups is 2. The van der Waals surface area contributed by atoms with Gasteiger partial charge >= 0.3 is 0 Å². The minimum Gasteiger partial charge on any atom is -0.396 e. The Bertz CT molecular complexity index is 510. The molecule has 0 aromatic heterocycles. The minimum absolute atomic E-state index is 0. The predicted octanol–water partition coefficient (Wildman–Crippen LogP) is 4.78. The van der Waals surface area contributed by atoms with Crippen LogP contribution in [0.15, 0.2) is 0 Å². The first-order valence-electron chi connectivity index (χ1n) is 12.3. The van der Waals surface area contributed by atoms with Gasteiger partial charge in [0.25, 0.3) is 0 Å². The summed E-state index contributed by atoms with van der Waals surface area (Å²) in [6.45, 7) is 31.1. The van der Waals surface area contributed by atoms with Crippen molar-refractivity contribution in [3.63, 3.8) is 0 Å². The summed E-state index contributed by atoms with van der Waals surface area (Å²) in [7, 11) is 0. The zero-order chi connectivity index (χ0) is 28.2. The first kappa shape index (κ1) is 49.8. The Morgan fingerprint density at radius 3 is 1.56 bits per heavy atom. The fourth-order valence-electron chi connectivity index (χ4n) is 1.75. The number of hydrogen-bond acceptors (Lipinski definition) is 6. The Kier molecular flexibility index (Phi) is 38.1. The average Bonchev–Trinajstić information content (AvgIpc) is 2.68. The molecule has 0 heterocycles. The van der Waals surface area contributed by atoms with Gasteiger partial charge in [-0.05, 0) is 72.0 Å². The van der Waals surface area contributed by atoms with Crippen LogP contribution in [-0.4, -0.2) is 65.1 Å².